The number of ether oxygens (including phenoxy) is 2. The van der Waals surface area contributed by atoms with Gasteiger partial charge in [-0.15, -0.1) is 0 Å². The second-order valence-corrected chi connectivity index (χ2v) is 7.51. The van der Waals surface area contributed by atoms with Crippen LogP contribution in [-0.2, 0) is 14.8 Å². The van der Waals surface area contributed by atoms with Crippen molar-refractivity contribution in [2.24, 2.45) is 0 Å². The molecule has 0 bridgehead atoms. The molecule has 1 aliphatic rings. The molecule has 1 aromatic carbocycles. The number of benzene rings is 1. The number of hydrogen-bond acceptors (Lipinski definition) is 5. The molecule has 1 heterocycles. The quantitative estimate of drug-likeness (QED) is 0.823. The molecule has 2 rings (SSSR count). The number of aryl methyl sites for hydroxylation is 1. The van der Waals surface area contributed by atoms with Crippen LogP contribution in [0.1, 0.15) is 18.9 Å². The molecule has 0 aliphatic carbocycles. The van der Waals surface area contributed by atoms with Gasteiger partial charge in [-0.25, -0.2) is 13.2 Å². The van der Waals surface area contributed by atoms with E-state index >= 15 is 0 Å². The molecule has 0 radical (unpaired) electrons. The lowest BCUT2D eigenvalue weighted by Crippen LogP contribution is -2.37. The van der Waals surface area contributed by atoms with Crippen LogP contribution in [-0.4, -0.2) is 63.6 Å². The van der Waals surface area contributed by atoms with Gasteiger partial charge in [0.05, 0.1) is 18.6 Å². The van der Waals surface area contributed by atoms with E-state index in [1.165, 1.54) is 4.31 Å². The molecule has 8 heteroatoms. The Kier molecular flexibility index (Phi) is 6.06. The van der Waals surface area contributed by atoms with E-state index in [1.54, 1.807) is 37.1 Å². The lowest BCUT2D eigenvalue weighted by molar-refractivity contribution is 0.109. The van der Waals surface area contributed by atoms with Crippen LogP contribution >= 0.6 is 0 Å². The minimum atomic E-state index is -3.60. The van der Waals surface area contributed by atoms with Gasteiger partial charge in [-0.1, -0.05) is 0 Å². The predicted molar refractivity (Wildman–Crippen MR) is 89.7 cm³/mol. The second-order valence-electron chi connectivity index (χ2n) is 5.58. The number of nitrogens with zero attached hydrogens (tertiary/aromatic N) is 2. The van der Waals surface area contributed by atoms with E-state index in [0.29, 0.717) is 38.4 Å². The molecule has 1 aliphatic heterocycles. The molecule has 0 N–H and O–H groups in total. The Morgan fingerprint density at radius 1 is 1.21 bits per heavy atom. The number of carbonyl (C=O) groups excluding carboxylic acids is 1. The Bertz CT molecular complexity index is 690. The molecule has 0 unspecified atom stereocenters. The third kappa shape index (κ3) is 3.99. The summed E-state index contributed by atoms with van der Waals surface area (Å²) in [6.45, 7) is 5.32. The second kappa shape index (κ2) is 7.85. The Morgan fingerprint density at radius 2 is 1.96 bits per heavy atom. The predicted octanol–water partition coefficient (Wildman–Crippen LogP) is 1.86. The summed E-state index contributed by atoms with van der Waals surface area (Å²) in [5.74, 6) is 0.651. The first-order valence-corrected chi connectivity index (χ1v) is 9.40. The van der Waals surface area contributed by atoms with E-state index < -0.39 is 16.1 Å². The van der Waals surface area contributed by atoms with Gasteiger partial charge in [-0.2, -0.15) is 4.31 Å². The maximum Gasteiger partial charge on any atom is 0.409 e. The van der Waals surface area contributed by atoms with Gasteiger partial charge >= 0.3 is 6.09 Å². The Morgan fingerprint density at radius 3 is 2.58 bits per heavy atom. The van der Waals surface area contributed by atoms with Gasteiger partial charge in [0, 0.05) is 26.2 Å². The normalized spacial score (nSPS) is 16.5. The van der Waals surface area contributed by atoms with Crippen molar-refractivity contribution < 1.29 is 22.7 Å². The minimum absolute atomic E-state index is 0.241. The third-order valence-corrected chi connectivity index (χ3v) is 5.88. The van der Waals surface area contributed by atoms with Crippen LogP contribution in [0.15, 0.2) is 23.1 Å². The molecule has 0 saturated carbocycles. The summed E-state index contributed by atoms with van der Waals surface area (Å²) in [7, 11) is -2.04. The lowest BCUT2D eigenvalue weighted by atomic mass is 10.2. The zero-order valence-corrected chi connectivity index (χ0v) is 15.1. The number of rotatable bonds is 4. The van der Waals surface area contributed by atoms with Crippen molar-refractivity contribution in [2.45, 2.75) is 25.2 Å². The smallest absolute Gasteiger partial charge is 0.409 e. The number of methoxy groups -OCH3 is 1. The fourth-order valence-electron chi connectivity index (χ4n) is 2.69. The molecule has 1 amide bonds. The van der Waals surface area contributed by atoms with E-state index in [4.69, 9.17) is 9.47 Å². The fraction of sp³-hybridized carbons (Fsp3) is 0.562. The summed E-state index contributed by atoms with van der Waals surface area (Å²) in [5, 5.41) is 0. The van der Waals surface area contributed by atoms with Gasteiger partial charge in [0.25, 0.3) is 0 Å². The molecule has 1 saturated heterocycles. The van der Waals surface area contributed by atoms with Gasteiger partial charge in [0.1, 0.15) is 5.75 Å². The van der Waals surface area contributed by atoms with Gasteiger partial charge in [0.15, 0.2) is 0 Å². The van der Waals surface area contributed by atoms with Crippen LogP contribution < -0.4 is 4.74 Å². The van der Waals surface area contributed by atoms with Crippen LogP contribution in [0.5, 0.6) is 5.75 Å². The largest absolute Gasteiger partial charge is 0.496 e. The van der Waals surface area contributed by atoms with Gasteiger partial charge in [0.2, 0.25) is 10.0 Å². The van der Waals surface area contributed by atoms with Crippen LogP contribution in [0.3, 0.4) is 0 Å². The first-order valence-electron chi connectivity index (χ1n) is 7.96. The van der Waals surface area contributed by atoms with E-state index in [2.05, 4.69) is 0 Å². The Balaban J connectivity index is 2.15. The SMILES string of the molecule is CCOC(=O)N1CCCN(S(=O)(=O)c2ccc(OC)c(C)c2)CC1. The summed E-state index contributed by atoms with van der Waals surface area (Å²) < 4.78 is 37.3. The highest BCUT2D eigenvalue weighted by atomic mass is 32.2. The van der Waals surface area contributed by atoms with Gasteiger partial charge < -0.3 is 14.4 Å². The van der Waals surface area contributed by atoms with Gasteiger partial charge in [-0.05, 0) is 44.0 Å². The Hall–Kier alpha value is -1.80. The van der Waals surface area contributed by atoms with E-state index in [0.717, 1.165) is 5.56 Å². The molecule has 0 atom stereocenters. The highest BCUT2D eigenvalue weighted by Crippen LogP contribution is 2.24. The van der Waals surface area contributed by atoms with Crippen molar-refractivity contribution in [1.82, 2.24) is 9.21 Å². The molecule has 24 heavy (non-hydrogen) atoms. The van der Waals surface area contributed by atoms with Crippen molar-refractivity contribution in [3.05, 3.63) is 23.8 Å². The monoisotopic (exact) mass is 356 g/mol. The summed E-state index contributed by atoms with van der Waals surface area (Å²) in [5.41, 5.74) is 0.765. The van der Waals surface area contributed by atoms with Crippen LogP contribution in [0.2, 0.25) is 0 Å². The molecule has 0 spiro atoms. The topological polar surface area (TPSA) is 76.2 Å². The first-order chi connectivity index (χ1) is 11.4. The molecule has 134 valence electrons. The summed E-state index contributed by atoms with van der Waals surface area (Å²) >= 11 is 0. The molecule has 1 aromatic rings. The maximum absolute atomic E-state index is 12.8. The minimum Gasteiger partial charge on any atom is -0.496 e. The number of carbonyl (C=O) groups is 1. The standard InChI is InChI=1S/C16H24N2O5S/c1-4-23-16(19)17-8-5-9-18(11-10-17)24(20,21)14-6-7-15(22-3)13(2)12-14/h6-7,12H,4-5,8-11H2,1-3H3. The average molecular weight is 356 g/mol. The van der Waals surface area contributed by atoms with E-state index in [9.17, 15) is 13.2 Å². The molecular formula is C16H24N2O5S. The Labute approximate surface area is 143 Å². The van der Waals surface area contributed by atoms with Crippen LogP contribution in [0, 0.1) is 6.92 Å². The van der Waals surface area contributed by atoms with Gasteiger partial charge in [-0.3, -0.25) is 0 Å². The number of hydrogen-bond donors (Lipinski definition) is 0. The molecule has 7 nitrogen and oxygen atoms in total. The highest BCUT2D eigenvalue weighted by Gasteiger charge is 2.28. The maximum atomic E-state index is 12.8. The lowest BCUT2D eigenvalue weighted by Gasteiger charge is -2.21. The van der Waals surface area contributed by atoms with E-state index in [1.807, 2.05) is 6.92 Å². The zero-order valence-electron chi connectivity index (χ0n) is 14.3. The summed E-state index contributed by atoms with van der Waals surface area (Å²) in [4.78, 5) is 13.6. The zero-order chi connectivity index (χ0) is 17.7. The van der Waals surface area contributed by atoms with Crippen LogP contribution in [0.25, 0.3) is 0 Å². The molecule has 0 aromatic heterocycles. The van der Waals surface area contributed by atoms with Crippen molar-refractivity contribution in [3.63, 3.8) is 0 Å². The van der Waals surface area contributed by atoms with Crippen LogP contribution in [0.4, 0.5) is 4.79 Å². The molecular weight excluding hydrogens is 332 g/mol. The number of sulfonamides is 1. The fourth-order valence-corrected chi connectivity index (χ4v) is 4.25. The first kappa shape index (κ1) is 18.5. The third-order valence-electron chi connectivity index (χ3n) is 3.98. The van der Waals surface area contributed by atoms with Crippen molar-refractivity contribution in [3.8, 4) is 5.75 Å². The van der Waals surface area contributed by atoms with Crippen molar-refractivity contribution >= 4 is 16.1 Å². The average Bonchev–Trinajstić information content (AvgIpc) is 2.81. The van der Waals surface area contributed by atoms with E-state index in [-0.39, 0.29) is 11.4 Å². The summed E-state index contributed by atoms with van der Waals surface area (Å²) in [6, 6.07) is 4.82. The van der Waals surface area contributed by atoms with Crippen molar-refractivity contribution in [1.29, 1.82) is 0 Å². The highest BCUT2D eigenvalue weighted by molar-refractivity contribution is 7.89. The summed E-state index contributed by atoms with van der Waals surface area (Å²) in [6.07, 6.45) is 0.185. The molecule has 1 fully saturated rings. The number of amides is 1. The van der Waals surface area contributed by atoms with Crippen molar-refractivity contribution in [2.75, 3.05) is 39.9 Å².